The van der Waals surface area contributed by atoms with E-state index in [4.69, 9.17) is 18.0 Å². The van der Waals surface area contributed by atoms with Crippen molar-refractivity contribution in [1.82, 2.24) is 5.32 Å². The van der Waals surface area contributed by atoms with Crippen LogP contribution in [0.5, 0.6) is 5.75 Å². The molecule has 0 saturated carbocycles. The van der Waals surface area contributed by atoms with Crippen molar-refractivity contribution in [2.75, 3.05) is 0 Å². The number of amides is 1. The van der Waals surface area contributed by atoms with E-state index >= 15 is 0 Å². The van der Waals surface area contributed by atoms with Gasteiger partial charge >= 0.3 is 0 Å². The van der Waals surface area contributed by atoms with Crippen molar-refractivity contribution in [2.24, 2.45) is 5.73 Å². The van der Waals surface area contributed by atoms with Crippen molar-refractivity contribution in [3.05, 3.63) is 42.0 Å². The Kier molecular flexibility index (Phi) is 4.75. The molecule has 1 atom stereocenters. The monoisotopic (exact) mass is 302 g/mol. The Labute approximate surface area is 129 Å². The summed E-state index contributed by atoms with van der Waals surface area (Å²) in [6, 6.07) is 10.4. The van der Waals surface area contributed by atoms with E-state index in [9.17, 15) is 9.90 Å². The summed E-state index contributed by atoms with van der Waals surface area (Å²) in [5.74, 6) is -0.395. The summed E-state index contributed by atoms with van der Waals surface area (Å²) in [5, 5.41) is 14.6. The number of phenols is 1. The molecular weight excluding hydrogens is 284 g/mol. The lowest BCUT2D eigenvalue weighted by Crippen LogP contribution is -2.43. The highest BCUT2D eigenvalue weighted by Gasteiger charge is 2.18. The zero-order valence-corrected chi connectivity index (χ0v) is 12.6. The molecule has 1 unspecified atom stereocenters. The van der Waals surface area contributed by atoms with Crippen molar-refractivity contribution in [3.63, 3.8) is 0 Å². The van der Waals surface area contributed by atoms with Crippen LogP contribution < -0.4 is 11.1 Å². The summed E-state index contributed by atoms with van der Waals surface area (Å²) in [4.78, 5) is 12.6. The molecule has 0 aromatic heterocycles. The van der Waals surface area contributed by atoms with Crippen LogP contribution in [0.15, 0.2) is 36.4 Å². The maximum atomic E-state index is 12.3. The number of carbonyl (C=O) groups is 1. The SMILES string of the molecule is CCCC(NC(=O)c1ccc2ccccc2c1O)C(N)=S. The molecule has 0 radical (unpaired) electrons. The number of thiocarbonyl (C=S) groups is 1. The van der Waals surface area contributed by atoms with Gasteiger partial charge in [-0.3, -0.25) is 4.79 Å². The fourth-order valence-corrected chi connectivity index (χ4v) is 2.43. The quantitative estimate of drug-likeness (QED) is 0.742. The van der Waals surface area contributed by atoms with E-state index < -0.39 is 0 Å². The first-order valence-electron chi connectivity index (χ1n) is 6.85. The Morgan fingerprint density at radius 2 is 2.05 bits per heavy atom. The minimum Gasteiger partial charge on any atom is -0.506 e. The molecule has 0 aliphatic rings. The normalized spacial score (nSPS) is 12.0. The largest absolute Gasteiger partial charge is 0.506 e. The highest BCUT2D eigenvalue weighted by molar-refractivity contribution is 7.80. The number of aromatic hydroxyl groups is 1. The molecule has 0 heterocycles. The van der Waals surface area contributed by atoms with Crippen molar-refractivity contribution in [1.29, 1.82) is 0 Å². The molecule has 0 aliphatic carbocycles. The number of rotatable bonds is 5. The molecule has 2 aromatic carbocycles. The van der Waals surface area contributed by atoms with Gasteiger partial charge in [0.2, 0.25) is 0 Å². The van der Waals surface area contributed by atoms with Crippen molar-refractivity contribution < 1.29 is 9.90 Å². The number of fused-ring (bicyclic) bond motifs is 1. The van der Waals surface area contributed by atoms with Crippen LogP contribution in [-0.4, -0.2) is 22.0 Å². The van der Waals surface area contributed by atoms with Gasteiger partial charge in [-0.25, -0.2) is 0 Å². The van der Waals surface area contributed by atoms with Gasteiger partial charge in [0.25, 0.3) is 5.91 Å². The smallest absolute Gasteiger partial charge is 0.255 e. The lowest BCUT2D eigenvalue weighted by atomic mass is 10.0. The molecule has 4 N–H and O–H groups in total. The summed E-state index contributed by atoms with van der Waals surface area (Å²) < 4.78 is 0. The minimum atomic E-state index is -0.371. The van der Waals surface area contributed by atoms with Crippen molar-refractivity contribution in [3.8, 4) is 5.75 Å². The van der Waals surface area contributed by atoms with Gasteiger partial charge in [-0.05, 0) is 17.9 Å². The first-order valence-corrected chi connectivity index (χ1v) is 7.26. The van der Waals surface area contributed by atoms with Crippen molar-refractivity contribution in [2.45, 2.75) is 25.8 Å². The molecule has 0 fully saturated rings. The molecule has 0 saturated heterocycles. The standard InChI is InChI=1S/C16H18N2O2S/c1-2-5-13(15(17)21)18-16(20)12-9-8-10-6-3-4-7-11(10)14(12)19/h3-4,6-9,13,19H,2,5H2,1H3,(H2,17,21)(H,18,20). The molecular formula is C16H18N2O2S. The predicted molar refractivity (Wildman–Crippen MR) is 88.6 cm³/mol. The Hall–Kier alpha value is -2.14. The van der Waals surface area contributed by atoms with Gasteiger partial charge in [-0.2, -0.15) is 0 Å². The van der Waals surface area contributed by atoms with Crippen LogP contribution in [0.3, 0.4) is 0 Å². The summed E-state index contributed by atoms with van der Waals surface area (Å²) in [6.07, 6.45) is 1.53. The van der Waals surface area contributed by atoms with Gasteiger partial charge in [-0.1, -0.05) is 55.9 Å². The lowest BCUT2D eigenvalue weighted by Gasteiger charge is -2.17. The first kappa shape index (κ1) is 15.3. The molecule has 2 aromatic rings. The van der Waals surface area contributed by atoms with Gasteiger partial charge in [0, 0.05) is 5.39 Å². The fourth-order valence-electron chi connectivity index (χ4n) is 2.25. The molecule has 5 heteroatoms. The van der Waals surface area contributed by atoms with E-state index in [0.29, 0.717) is 11.8 Å². The number of benzene rings is 2. The van der Waals surface area contributed by atoms with Gasteiger partial charge in [0.05, 0.1) is 16.6 Å². The average molecular weight is 302 g/mol. The number of hydrogen-bond acceptors (Lipinski definition) is 3. The maximum absolute atomic E-state index is 12.3. The van der Waals surface area contributed by atoms with Crippen LogP contribution in [0.4, 0.5) is 0 Å². The predicted octanol–water partition coefficient (Wildman–Crippen LogP) is 2.73. The van der Waals surface area contributed by atoms with Gasteiger partial charge in [0.15, 0.2) is 0 Å². The lowest BCUT2D eigenvalue weighted by molar-refractivity contribution is 0.0943. The molecule has 0 aliphatic heterocycles. The Balaban J connectivity index is 2.31. The summed E-state index contributed by atoms with van der Waals surface area (Å²) >= 11 is 4.96. The number of nitrogens with one attached hydrogen (secondary N) is 1. The van der Waals surface area contributed by atoms with Crippen LogP contribution in [-0.2, 0) is 0 Å². The molecule has 21 heavy (non-hydrogen) atoms. The second kappa shape index (κ2) is 6.54. The van der Waals surface area contributed by atoms with E-state index in [1.807, 2.05) is 25.1 Å². The van der Waals surface area contributed by atoms with Crippen LogP contribution in [0.25, 0.3) is 10.8 Å². The minimum absolute atomic E-state index is 0.0243. The molecule has 0 bridgehead atoms. The van der Waals surface area contributed by atoms with Crippen LogP contribution in [0, 0.1) is 0 Å². The second-order valence-corrected chi connectivity index (χ2v) is 5.37. The number of phenolic OH excluding ortho intramolecular Hbond substituents is 1. The third kappa shape index (κ3) is 3.31. The maximum Gasteiger partial charge on any atom is 0.255 e. The summed E-state index contributed by atoms with van der Waals surface area (Å²) in [5.41, 5.74) is 5.86. The van der Waals surface area contributed by atoms with E-state index in [1.165, 1.54) is 0 Å². The van der Waals surface area contributed by atoms with Crippen LogP contribution in [0.1, 0.15) is 30.1 Å². The van der Waals surface area contributed by atoms with E-state index in [1.54, 1.807) is 18.2 Å². The van der Waals surface area contributed by atoms with Gasteiger partial charge < -0.3 is 16.2 Å². The van der Waals surface area contributed by atoms with E-state index in [2.05, 4.69) is 5.32 Å². The van der Waals surface area contributed by atoms with Crippen molar-refractivity contribution >= 4 is 33.9 Å². The molecule has 2 rings (SSSR count). The Morgan fingerprint density at radius 1 is 1.33 bits per heavy atom. The van der Waals surface area contributed by atoms with E-state index in [0.717, 1.165) is 11.8 Å². The molecule has 0 spiro atoms. The van der Waals surface area contributed by atoms with E-state index in [-0.39, 0.29) is 28.3 Å². The summed E-state index contributed by atoms with van der Waals surface area (Å²) in [6.45, 7) is 1.99. The highest BCUT2D eigenvalue weighted by Crippen LogP contribution is 2.28. The number of carbonyl (C=O) groups excluding carboxylic acids is 1. The summed E-state index contributed by atoms with van der Waals surface area (Å²) in [7, 11) is 0. The zero-order chi connectivity index (χ0) is 15.4. The second-order valence-electron chi connectivity index (χ2n) is 4.90. The molecule has 4 nitrogen and oxygen atoms in total. The first-order chi connectivity index (χ1) is 10.0. The molecule has 110 valence electrons. The third-order valence-electron chi connectivity index (χ3n) is 3.37. The number of nitrogens with two attached hydrogens (primary N) is 1. The Morgan fingerprint density at radius 3 is 2.71 bits per heavy atom. The fraction of sp³-hybridized carbons (Fsp3) is 0.250. The Bertz CT molecular complexity index is 685. The van der Waals surface area contributed by atoms with Crippen LogP contribution in [0.2, 0.25) is 0 Å². The van der Waals surface area contributed by atoms with Gasteiger partial charge in [0.1, 0.15) is 5.75 Å². The molecule has 1 amide bonds. The average Bonchev–Trinajstić information content (AvgIpc) is 2.47. The third-order valence-corrected chi connectivity index (χ3v) is 3.66. The topological polar surface area (TPSA) is 75.3 Å². The van der Waals surface area contributed by atoms with Crippen LogP contribution >= 0.6 is 12.2 Å². The highest BCUT2D eigenvalue weighted by atomic mass is 32.1. The zero-order valence-electron chi connectivity index (χ0n) is 11.8. The number of hydrogen-bond donors (Lipinski definition) is 3. The van der Waals surface area contributed by atoms with Gasteiger partial charge in [-0.15, -0.1) is 0 Å².